The van der Waals surface area contributed by atoms with Gasteiger partial charge in [-0.15, -0.1) is 0 Å². The van der Waals surface area contributed by atoms with Crippen LogP contribution in [-0.2, 0) is 23.6 Å². The first-order chi connectivity index (χ1) is 14.3. The van der Waals surface area contributed by atoms with Crippen LogP contribution in [0.1, 0.15) is 97.3 Å². The molecule has 0 aliphatic heterocycles. The number of unbranched alkanes of at least 4 members (excludes halogenated alkanes) is 10. The maximum absolute atomic E-state index is 12.4. The maximum Gasteiger partial charge on any atom is 0.472 e. The van der Waals surface area contributed by atoms with Crippen molar-refractivity contribution in [2.24, 2.45) is 0 Å². The minimum absolute atomic E-state index is 0.0468. The molecule has 3 N–H and O–H groups in total. The van der Waals surface area contributed by atoms with Gasteiger partial charge in [-0.2, -0.15) is 0 Å². The quantitative estimate of drug-likeness (QED) is 0.156. The van der Waals surface area contributed by atoms with E-state index in [1.807, 2.05) is 0 Å². The zero-order valence-corrected chi connectivity index (χ0v) is 20.6. The van der Waals surface area contributed by atoms with Crippen molar-refractivity contribution >= 4 is 17.8 Å². The molecule has 0 saturated carbocycles. The minimum atomic E-state index is -4.31. The van der Waals surface area contributed by atoms with Gasteiger partial charge < -0.3 is 10.00 Å². The lowest BCUT2D eigenvalue weighted by Gasteiger charge is -2.20. The Kier molecular flexibility index (Phi) is 18.5. The van der Waals surface area contributed by atoms with E-state index in [0.717, 1.165) is 44.9 Å². The number of aliphatic hydroxyl groups excluding tert-OH is 1. The number of rotatable bonds is 22. The Balaban J connectivity index is 4.43. The lowest BCUT2D eigenvalue weighted by molar-refractivity contribution is 0.116. The van der Waals surface area contributed by atoms with Crippen LogP contribution >= 0.6 is 7.82 Å². The number of phosphoric acid groups is 1. The van der Waals surface area contributed by atoms with Crippen molar-refractivity contribution in [3.05, 3.63) is 0 Å². The summed E-state index contributed by atoms with van der Waals surface area (Å²) in [5.41, 5.74) is 0. The van der Waals surface area contributed by atoms with E-state index in [4.69, 9.17) is 9.63 Å². The summed E-state index contributed by atoms with van der Waals surface area (Å²) < 4.78 is 48.8. The molecular weight excluding hydrogens is 429 g/mol. The molecule has 0 heterocycles. The van der Waals surface area contributed by atoms with Crippen molar-refractivity contribution < 1.29 is 32.0 Å². The van der Waals surface area contributed by atoms with Crippen molar-refractivity contribution in [3.8, 4) is 0 Å². The number of hydrogen-bond acceptors (Lipinski definition) is 6. The van der Waals surface area contributed by atoms with E-state index in [1.165, 1.54) is 25.7 Å². The van der Waals surface area contributed by atoms with Crippen LogP contribution in [0.3, 0.4) is 0 Å². The van der Waals surface area contributed by atoms with Gasteiger partial charge in [-0.25, -0.2) is 17.7 Å². The van der Waals surface area contributed by atoms with Gasteiger partial charge in [0.1, 0.15) is 0 Å². The molecule has 182 valence electrons. The molecule has 0 aromatic rings. The van der Waals surface area contributed by atoms with Gasteiger partial charge in [0.25, 0.3) is 0 Å². The highest BCUT2D eigenvalue weighted by Gasteiger charge is 2.25. The molecule has 0 spiro atoms. The van der Waals surface area contributed by atoms with E-state index in [9.17, 15) is 17.9 Å². The summed E-state index contributed by atoms with van der Waals surface area (Å²) in [5.74, 6) is 0.0468. The molecule has 10 heteroatoms. The summed E-state index contributed by atoms with van der Waals surface area (Å²) in [6.45, 7) is 3.30. The van der Waals surface area contributed by atoms with Crippen LogP contribution in [0.4, 0.5) is 0 Å². The minimum Gasteiger partial charge on any atom is -0.394 e. The third-order valence-electron chi connectivity index (χ3n) is 4.80. The summed E-state index contributed by atoms with van der Waals surface area (Å²) in [6.07, 6.45) is 13.0. The standard InChI is InChI=1S/C20H44NO7PS/c1-3-5-7-9-10-11-12-14-18-30(25,26)21-20(15-13-8-6-4-2)19-28-29(23,24)27-17-16-22/h20-22H,3-19H2,1-2H3,(H,23,24)/t20-/m0/s1. The zero-order chi connectivity index (χ0) is 22.7. The van der Waals surface area contributed by atoms with E-state index in [-0.39, 0.29) is 19.0 Å². The average molecular weight is 474 g/mol. The Morgan fingerprint density at radius 2 is 1.40 bits per heavy atom. The van der Waals surface area contributed by atoms with Crippen LogP contribution in [0, 0.1) is 0 Å². The molecule has 0 aromatic carbocycles. The number of sulfonamides is 1. The first kappa shape index (κ1) is 30.0. The summed E-state index contributed by atoms with van der Waals surface area (Å²) in [7, 11) is -7.80. The van der Waals surface area contributed by atoms with E-state index >= 15 is 0 Å². The Labute approximate surface area is 183 Å². The molecule has 2 atom stereocenters. The summed E-state index contributed by atoms with van der Waals surface area (Å²) in [6, 6.07) is -0.584. The SMILES string of the molecule is CCCCCCCCCCS(=O)(=O)N[C@@H](CCCCCC)COP(=O)(O)OCCO. The zero-order valence-electron chi connectivity index (χ0n) is 18.9. The fraction of sp³-hybridized carbons (Fsp3) is 1.00. The van der Waals surface area contributed by atoms with Gasteiger partial charge in [-0.05, 0) is 12.8 Å². The lowest BCUT2D eigenvalue weighted by atomic mass is 10.1. The summed E-state index contributed by atoms with van der Waals surface area (Å²) in [5, 5.41) is 8.70. The second-order valence-electron chi connectivity index (χ2n) is 7.78. The molecule has 0 rings (SSSR count). The van der Waals surface area contributed by atoms with Gasteiger partial charge in [0.2, 0.25) is 10.0 Å². The van der Waals surface area contributed by atoms with Crippen LogP contribution in [-0.4, -0.2) is 50.0 Å². The molecule has 0 radical (unpaired) electrons. The van der Waals surface area contributed by atoms with Crippen LogP contribution in [0.15, 0.2) is 0 Å². The maximum atomic E-state index is 12.4. The van der Waals surface area contributed by atoms with E-state index in [0.29, 0.717) is 12.8 Å². The average Bonchev–Trinajstić information content (AvgIpc) is 2.69. The van der Waals surface area contributed by atoms with Gasteiger partial charge in [0.15, 0.2) is 0 Å². The largest absolute Gasteiger partial charge is 0.472 e. The second-order valence-corrected chi connectivity index (χ2v) is 11.1. The number of hydrogen-bond donors (Lipinski definition) is 3. The van der Waals surface area contributed by atoms with Gasteiger partial charge >= 0.3 is 7.82 Å². The summed E-state index contributed by atoms with van der Waals surface area (Å²) in [4.78, 5) is 9.60. The molecular formula is C20H44NO7PS. The highest BCUT2D eigenvalue weighted by Crippen LogP contribution is 2.43. The van der Waals surface area contributed by atoms with Crippen molar-refractivity contribution in [2.75, 3.05) is 25.6 Å². The van der Waals surface area contributed by atoms with Gasteiger partial charge in [0.05, 0.1) is 25.6 Å². The molecule has 0 aliphatic rings. The number of aliphatic hydroxyl groups is 1. The number of phosphoric ester groups is 1. The van der Waals surface area contributed by atoms with E-state index in [1.54, 1.807) is 0 Å². The molecule has 0 amide bonds. The highest BCUT2D eigenvalue weighted by molar-refractivity contribution is 7.89. The van der Waals surface area contributed by atoms with Crippen molar-refractivity contribution in [1.29, 1.82) is 0 Å². The molecule has 0 fully saturated rings. The van der Waals surface area contributed by atoms with Crippen LogP contribution < -0.4 is 4.72 Å². The monoisotopic (exact) mass is 473 g/mol. The molecule has 0 aromatic heterocycles. The van der Waals surface area contributed by atoms with Gasteiger partial charge in [0, 0.05) is 6.04 Å². The van der Waals surface area contributed by atoms with E-state index in [2.05, 4.69) is 23.1 Å². The van der Waals surface area contributed by atoms with Crippen molar-refractivity contribution in [2.45, 2.75) is 103 Å². The summed E-state index contributed by atoms with van der Waals surface area (Å²) >= 11 is 0. The third kappa shape index (κ3) is 18.7. The molecule has 0 bridgehead atoms. The Morgan fingerprint density at radius 3 is 1.97 bits per heavy atom. The van der Waals surface area contributed by atoms with Gasteiger partial charge in [-0.3, -0.25) is 9.05 Å². The topological polar surface area (TPSA) is 122 Å². The smallest absolute Gasteiger partial charge is 0.394 e. The Morgan fingerprint density at radius 1 is 0.867 bits per heavy atom. The van der Waals surface area contributed by atoms with Crippen molar-refractivity contribution in [1.82, 2.24) is 4.72 Å². The van der Waals surface area contributed by atoms with Crippen LogP contribution in [0.25, 0.3) is 0 Å². The second kappa shape index (κ2) is 18.5. The predicted molar refractivity (Wildman–Crippen MR) is 121 cm³/mol. The molecule has 8 nitrogen and oxygen atoms in total. The first-order valence-corrected chi connectivity index (χ1v) is 14.6. The Hall–Kier alpha value is -0.0200. The van der Waals surface area contributed by atoms with Crippen LogP contribution in [0.2, 0.25) is 0 Å². The van der Waals surface area contributed by atoms with Crippen molar-refractivity contribution in [3.63, 3.8) is 0 Å². The highest BCUT2D eigenvalue weighted by atomic mass is 32.2. The third-order valence-corrected chi connectivity index (χ3v) is 7.31. The molecule has 0 saturated heterocycles. The van der Waals surface area contributed by atoms with E-state index < -0.39 is 30.5 Å². The molecule has 30 heavy (non-hydrogen) atoms. The number of nitrogens with one attached hydrogen (secondary N) is 1. The lowest BCUT2D eigenvalue weighted by Crippen LogP contribution is -2.39. The first-order valence-electron chi connectivity index (χ1n) is 11.5. The van der Waals surface area contributed by atoms with Gasteiger partial charge in [-0.1, -0.05) is 84.5 Å². The normalized spacial score (nSPS) is 15.2. The fourth-order valence-corrected chi connectivity index (χ4v) is 5.26. The van der Waals surface area contributed by atoms with Crippen LogP contribution in [0.5, 0.6) is 0 Å². The molecule has 1 unspecified atom stereocenters. The molecule has 0 aliphatic carbocycles. The fourth-order valence-electron chi connectivity index (χ4n) is 3.11. The predicted octanol–water partition coefficient (Wildman–Crippen LogP) is 4.51. The Bertz CT molecular complexity index is 545.